The van der Waals surface area contributed by atoms with Crippen molar-refractivity contribution in [2.45, 2.75) is 36.0 Å². The summed E-state index contributed by atoms with van der Waals surface area (Å²) in [5.74, 6) is -0.350. The third kappa shape index (κ3) is 6.58. The van der Waals surface area contributed by atoms with Gasteiger partial charge in [0.05, 0.1) is 31.9 Å². The number of nitrogens with one attached hydrogen (secondary N) is 1. The minimum atomic E-state index is -3.78. The van der Waals surface area contributed by atoms with E-state index in [0.717, 1.165) is 0 Å². The summed E-state index contributed by atoms with van der Waals surface area (Å²) >= 11 is 12.4. The van der Waals surface area contributed by atoms with Crippen molar-refractivity contribution < 1.29 is 12.6 Å². The van der Waals surface area contributed by atoms with E-state index in [1.807, 2.05) is 51.1 Å². The molecule has 2 atom stereocenters. The summed E-state index contributed by atoms with van der Waals surface area (Å²) in [6.07, 6.45) is 3.46. The van der Waals surface area contributed by atoms with Crippen LogP contribution < -0.4 is 4.72 Å². The highest BCUT2D eigenvalue weighted by atomic mass is 35.5. The Balaban J connectivity index is 2.21. The van der Waals surface area contributed by atoms with Gasteiger partial charge in [-0.25, -0.2) is 17.3 Å². The Kier molecular flexibility index (Phi) is 8.43. The van der Waals surface area contributed by atoms with E-state index >= 15 is 0 Å². The molecule has 0 aliphatic rings. The molecule has 3 aromatic carbocycles. The molecule has 0 aliphatic carbocycles. The second-order valence-corrected chi connectivity index (χ2v) is 13.7. The molecule has 4 nitrogen and oxygen atoms in total. The van der Waals surface area contributed by atoms with Crippen LogP contribution >= 0.6 is 23.2 Å². The summed E-state index contributed by atoms with van der Waals surface area (Å²) in [6, 6.07) is 22.5. The van der Waals surface area contributed by atoms with Gasteiger partial charge in [0.2, 0.25) is 0 Å². The first kappa shape index (κ1) is 26.6. The van der Waals surface area contributed by atoms with Crippen LogP contribution in [0.15, 0.2) is 89.8 Å². The van der Waals surface area contributed by atoms with Gasteiger partial charge in [0.1, 0.15) is 0 Å². The largest absolute Gasteiger partial charge is 0.242 e. The van der Waals surface area contributed by atoms with Crippen LogP contribution in [0.5, 0.6) is 0 Å². The summed E-state index contributed by atoms with van der Waals surface area (Å²) < 4.78 is 43.0. The molecule has 34 heavy (non-hydrogen) atoms. The predicted octanol–water partition coefficient (Wildman–Crippen LogP) is 6.43. The Morgan fingerprint density at radius 3 is 2.06 bits per heavy atom. The second-order valence-electron chi connectivity index (χ2n) is 8.89. The van der Waals surface area contributed by atoms with Crippen LogP contribution in [0.1, 0.15) is 31.9 Å². The van der Waals surface area contributed by atoms with Gasteiger partial charge in [0, 0.05) is 10.0 Å². The highest BCUT2D eigenvalue weighted by molar-refractivity contribution is 7.91. The molecule has 3 aromatic rings. The fraction of sp³-hybridized carbons (Fsp3) is 0.231. The second kappa shape index (κ2) is 10.8. The van der Waals surface area contributed by atoms with E-state index in [9.17, 15) is 12.6 Å². The topological polar surface area (TPSA) is 63.2 Å². The molecule has 0 unspecified atom stereocenters. The lowest BCUT2D eigenvalue weighted by Crippen LogP contribution is -2.50. The van der Waals surface area contributed by atoms with Crippen molar-refractivity contribution in [1.29, 1.82) is 0 Å². The SMILES string of the molecule is CC(C)(C)[S@](=O)N[C@](/C=C/c1ccc(Cl)cc1Cl)(CS(=O)(=O)c1ccccc1)c1ccccc1. The molecule has 0 radical (unpaired) electrons. The van der Waals surface area contributed by atoms with Crippen molar-refractivity contribution in [3.8, 4) is 0 Å². The van der Waals surface area contributed by atoms with Crippen LogP contribution in [0.3, 0.4) is 0 Å². The summed E-state index contributed by atoms with van der Waals surface area (Å²) in [7, 11) is -5.37. The maximum atomic E-state index is 13.6. The molecule has 0 heterocycles. The fourth-order valence-electron chi connectivity index (χ4n) is 3.28. The molecule has 0 saturated heterocycles. The molecule has 3 rings (SSSR count). The molecule has 0 spiro atoms. The quantitative estimate of drug-likeness (QED) is 0.361. The number of halogens is 2. The molecule has 0 aromatic heterocycles. The van der Waals surface area contributed by atoms with Gasteiger partial charge in [-0.2, -0.15) is 0 Å². The minimum Gasteiger partial charge on any atom is -0.242 e. The van der Waals surface area contributed by atoms with Crippen molar-refractivity contribution in [3.05, 3.63) is 106 Å². The monoisotopic (exact) mass is 535 g/mol. The molecule has 0 bridgehead atoms. The van der Waals surface area contributed by atoms with Gasteiger partial charge in [-0.05, 0) is 56.2 Å². The smallest absolute Gasteiger partial charge is 0.180 e. The van der Waals surface area contributed by atoms with E-state index in [1.165, 1.54) is 0 Å². The van der Waals surface area contributed by atoms with Crippen LogP contribution in [0.2, 0.25) is 10.0 Å². The summed E-state index contributed by atoms with van der Waals surface area (Å²) in [5.41, 5.74) is 0.0112. The van der Waals surface area contributed by atoms with Crippen molar-refractivity contribution >= 4 is 50.1 Å². The third-order valence-corrected chi connectivity index (χ3v) is 9.20. The summed E-state index contributed by atoms with van der Waals surface area (Å²) in [5, 5.41) is 0.920. The van der Waals surface area contributed by atoms with Gasteiger partial charge < -0.3 is 0 Å². The molecule has 1 N–H and O–H groups in total. The zero-order valence-corrected chi connectivity index (χ0v) is 22.3. The maximum absolute atomic E-state index is 13.6. The lowest BCUT2D eigenvalue weighted by atomic mass is 9.92. The van der Waals surface area contributed by atoms with Gasteiger partial charge in [-0.15, -0.1) is 0 Å². The van der Waals surface area contributed by atoms with E-state index in [0.29, 0.717) is 21.2 Å². The predicted molar refractivity (Wildman–Crippen MR) is 143 cm³/mol. The summed E-state index contributed by atoms with van der Waals surface area (Å²) in [6.45, 7) is 5.49. The highest BCUT2D eigenvalue weighted by Gasteiger charge is 2.39. The van der Waals surface area contributed by atoms with Crippen molar-refractivity contribution in [2.75, 3.05) is 5.75 Å². The lowest BCUT2D eigenvalue weighted by Gasteiger charge is -2.34. The van der Waals surface area contributed by atoms with E-state index < -0.39 is 31.1 Å². The van der Waals surface area contributed by atoms with Crippen LogP contribution in [-0.4, -0.2) is 23.1 Å². The zero-order chi connectivity index (χ0) is 25.0. The Hall–Kier alpha value is -1.96. The summed E-state index contributed by atoms with van der Waals surface area (Å²) in [4.78, 5) is 0.191. The Morgan fingerprint density at radius 1 is 0.912 bits per heavy atom. The molecule has 8 heteroatoms. The number of sulfone groups is 1. The van der Waals surface area contributed by atoms with Crippen molar-refractivity contribution in [1.82, 2.24) is 4.72 Å². The third-order valence-electron chi connectivity index (χ3n) is 5.15. The standard InChI is InChI=1S/C26H27Cl2NO3S2/c1-25(2,3)33(30)29-26(21-10-6-4-7-11-21,17-16-20-14-15-22(27)18-24(20)28)19-34(31,32)23-12-8-5-9-13-23/h4-18,29H,19H2,1-3H3/b17-16+/t26-,33+/m1/s1. The molecule has 0 aliphatic heterocycles. The van der Waals surface area contributed by atoms with Gasteiger partial charge >= 0.3 is 0 Å². The number of rotatable bonds is 8. The average Bonchev–Trinajstić information content (AvgIpc) is 2.78. The molecular weight excluding hydrogens is 509 g/mol. The fourth-order valence-corrected chi connectivity index (χ4v) is 6.41. The van der Waals surface area contributed by atoms with Crippen molar-refractivity contribution in [3.63, 3.8) is 0 Å². The first-order valence-corrected chi connectivity index (χ1v) is 14.2. The van der Waals surface area contributed by atoms with Crippen molar-refractivity contribution in [2.24, 2.45) is 0 Å². The van der Waals surface area contributed by atoms with E-state index in [2.05, 4.69) is 4.72 Å². The molecule has 0 amide bonds. The Labute approximate surface area is 214 Å². The molecule has 0 fully saturated rings. The molecular formula is C26H27Cl2NO3S2. The van der Waals surface area contributed by atoms with Crippen LogP contribution in [0.25, 0.3) is 6.08 Å². The lowest BCUT2D eigenvalue weighted by molar-refractivity contribution is 0.525. The Morgan fingerprint density at radius 2 is 1.50 bits per heavy atom. The van der Waals surface area contributed by atoms with E-state index in [4.69, 9.17) is 23.2 Å². The van der Waals surface area contributed by atoms with Crippen LogP contribution in [-0.2, 0) is 26.4 Å². The van der Waals surface area contributed by atoms with Crippen LogP contribution in [0.4, 0.5) is 0 Å². The van der Waals surface area contributed by atoms with Crippen LogP contribution in [0, 0.1) is 0 Å². The number of hydrogen-bond acceptors (Lipinski definition) is 3. The molecule has 0 saturated carbocycles. The van der Waals surface area contributed by atoms with Gasteiger partial charge in [-0.1, -0.05) is 90.0 Å². The van der Waals surface area contributed by atoms with E-state index in [1.54, 1.807) is 60.7 Å². The van der Waals surface area contributed by atoms with Gasteiger partial charge in [0.25, 0.3) is 0 Å². The first-order valence-electron chi connectivity index (χ1n) is 10.6. The van der Waals surface area contributed by atoms with Gasteiger partial charge in [-0.3, -0.25) is 0 Å². The number of hydrogen-bond donors (Lipinski definition) is 1. The van der Waals surface area contributed by atoms with Gasteiger partial charge in [0.15, 0.2) is 9.84 Å². The highest BCUT2D eigenvalue weighted by Crippen LogP contribution is 2.32. The zero-order valence-electron chi connectivity index (χ0n) is 19.2. The normalized spacial score (nSPS) is 15.2. The average molecular weight is 537 g/mol. The van der Waals surface area contributed by atoms with E-state index in [-0.39, 0.29) is 10.6 Å². The minimum absolute atomic E-state index is 0.191. The Bertz CT molecular complexity index is 1290. The maximum Gasteiger partial charge on any atom is 0.180 e. The number of benzene rings is 3. The molecule has 180 valence electrons. The first-order chi connectivity index (χ1) is 15.9.